The molecule has 80 valence electrons. The number of hydrogen-bond donors (Lipinski definition) is 2. The normalized spacial score (nSPS) is 14.2. The first kappa shape index (κ1) is 11.2. The summed E-state index contributed by atoms with van der Waals surface area (Å²) in [6.07, 6.45) is -0.0770. The number of nitrogens with two attached hydrogens (primary N) is 2. The van der Waals surface area contributed by atoms with E-state index < -0.39 is 17.2 Å². The SMILES string of the molecule is CC(CC(N)=O)(C(N)=O)c1ccccc1. The van der Waals surface area contributed by atoms with Crippen molar-refractivity contribution in [2.24, 2.45) is 11.5 Å². The lowest BCUT2D eigenvalue weighted by atomic mass is 9.78. The van der Waals surface area contributed by atoms with Crippen molar-refractivity contribution in [1.82, 2.24) is 0 Å². The minimum atomic E-state index is -1.02. The van der Waals surface area contributed by atoms with Crippen LogP contribution in [0.15, 0.2) is 30.3 Å². The van der Waals surface area contributed by atoms with E-state index in [0.29, 0.717) is 5.56 Å². The summed E-state index contributed by atoms with van der Waals surface area (Å²) < 4.78 is 0. The molecule has 0 aliphatic carbocycles. The largest absolute Gasteiger partial charge is 0.370 e. The van der Waals surface area contributed by atoms with E-state index in [9.17, 15) is 9.59 Å². The third kappa shape index (κ3) is 2.34. The average molecular weight is 206 g/mol. The van der Waals surface area contributed by atoms with Crippen molar-refractivity contribution in [3.8, 4) is 0 Å². The molecule has 2 amide bonds. The maximum absolute atomic E-state index is 11.4. The Bertz CT molecular complexity index is 375. The minimum Gasteiger partial charge on any atom is -0.370 e. The van der Waals surface area contributed by atoms with Crippen molar-refractivity contribution in [1.29, 1.82) is 0 Å². The first-order valence-electron chi connectivity index (χ1n) is 4.60. The lowest BCUT2D eigenvalue weighted by molar-refractivity contribution is -0.128. The van der Waals surface area contributed by atoms with Crippen molar-refractivity contribution in [3.05, 3.63) is 35.9 Å². The predicted molar refractivity (Wildman–Crippen MR) is 56.8 cm³/mol. The van der Waals surface area contributed by atoms with Crippen LogP contribution in [0.2, 0.25) is 0 Å². The van der Waals surface area contributed by atoms with E-state index in [1.165, 1.54) is 0 Å². The molecule has 4 nitrogen and oxygen atoms in total. The summed E-state index contributed by atoms with van der Waals surface area (Å²) in [4.78, 5) is 22.3. The van der Waals surface area contributed by atoms with Crippen LogP contribution in [0.4, 0.5) is 0 Å². The number of rotatable bonds is 4. The van der Waals surface area contributed by atoms with Gasteiger partial charge in [0.15, 0.2) is 0 Å². The van der Waals surface area contributed by atoms with Gasteiger partial charge in [-0.3, -0.25) is 9.59 Å². The summed E-state index contributed by atoms with van der Waals surface area (Å²) in [5.74, 6) is -1.09. The molecule has 1 unspecified atom stereocenters. The summed E-state index contributed by atoms with van der Waals surface area (Å²) in [5.41, 5.74) is 10.1. The molecule has 0 fully saturated rings. The average Bonchev–Trinajstić information content (AvgIpc) is 2.17. The Morgan fingerprint density at radius 2 is 1.73 bits per heavy atom. The van der Waals surface area contributed by atoms with Crippen molar-refractivity contribution in [2.45, 2.75) is 18.8 Å². The van der Waals surface area contributed by atoms with Crippen LogP contribution in [0.1, 0.15) is 18.9 Å². The lowest BCUT2D eigenvalue weighted by Crippen LogP contribution is -2.41. The zero-order chi connectivity index (χ0) is 11.5. The van der Waals surface area contributed by atoms with E-state index in [4.69, 9.17) is 11.5 Å². The molecule has 0 saturated heterocycles. The summed E-state index contributed by atoms with van der Waals surface area (Å²) in [6, 6.07) is 8.92. The van der Waals surface area contributed by atoms with Gasteiger partial charge >= 0.3 is 0 Å². The minimum absolute atomic E-state index is 0.0770. The van der Waals surface area contributed by atoms with Gasteiger partial charge < -0.3 is 11.5 Å². The van der Waals surface area contributed by atoms with Gasteiger partial charge in [-0.05, 0) is 12.5 Å². The number of amides is 2. The maximum Gasteiger partial charge on any atom is 0.228 e. The molecule has 15 heavy (non-hydrogen) atoms. The fraction of sp³-hybridized carbons (Fsp3) is 0.273. The molecule has 1 atom stereocenters. The number of hydrogen-bond acceptors (Lipinski definition) is 2. The predicted octanol–water partition coefficient (Wildman–Crippen LogP) is 0.305. The van der Waals surface area contributed by atoms with Crippen molar-refractivity contribution in [2.75, 3.05) is 0 Å². The quantitative estimate of drug-likeness (QED) is 0.742. The highest BCUT2D eigenvalue weighted by atomic mass is 16.2. The molecule has 0 saturated carbocycles. The molecule has 1 rings (SSSR count). The third-order valence-electron chi connectivity index (χ3n) is 2.48. The molecule has 0 bridgehead atoms. The van der Waals surface area contributed by atoms with Crippen LogP contribution in [-0.2, 0) is 15.0 Å². The Hall–Kier alpha value is -1.84. The highest BCUT2D eigenvalue weighted by molar-refractivity contribution is 5.91. The van der Waals surface area contributed by atoms with E-state index in [1.807, 2.05) is 6.07 Å². The van der Waals surface area contributed by atoms with E-state index in [1.54, 1.807) is 31.2 Å². The number of carbonyl (C=O) groups is 2. The molecule has 0 aliphatic rings. The molecular weight excluding hydrogens is 192 g/mol. The van der Waals surface area contributed by atoms with Gasteiger partial charge in [-0.1, -0.05) is 30.3 Å². The topological polar surface area (TPSA) is 86.2 Å². The van der Waals surface area contributed by atoms with Gasteiger partial charge in [0.05, 0.1) is 5.41 Å². The number of carbonyl (C=O) groups excluding carboxylic acids is 2. The zero-order valence-electron chi connectivity index (χ0n) is 8.57. The third-order valence-corrected chi connectivity index (χ3v) is 2.48. The highest BCUT2D eigenvalue weighted by Gasteiger charge is 2.34. The molecule has 0 aliphatic heterocycles. The summed E-state index contributed by atoms with van der Waals surface area (Å²) in [5, 5.41) is 0. The smallest absolute Gasteiger partial charge is 0.228 e. The summed E-state index contributed by atoms with van der Waals surface area (Å²) in [7, 11) is 0. The molecule has 0 heterocycles. The lowest BCUT2D eigenvalue weighted by Gasteiger charge is -2.24. The molecule has 1 aromatic carbocycles. The second-order valence-corrected chi connectivity index (χ2v) is 3.71. The van der Waals surface area contributed by atoms with Crippen LogP contribution < -0.4 is 11.5 Å². The molecule has 0 aromatic heterocycles. The highest BCUT2D eigenvalue weighted by Crippen LogP contribution is 2.26. The standard InChI is InChI=1S/C11H14N2O2/c1-11(10(13)15,7-9(12)14)8-5-3-2-4-6-8/h2-6H,7H2,1H3,(H2,12,14)(H2,13,15). The zero-order valence-corrected chi connectivity index (χ0v) is 8.57. The van der Waals surface area contributed by atoms with Gasteiger partial charge in [-0.25, -0.2) is 0 Å². The molecule has 0 spiro atoms. The van der Waals surface area contributed by atoms with Crippen molar-refractivity contribution >= 4 is 11.8 Å². The Kier molecular flexibility index (Phi) is 3.09. The van der Waals surface area contributed by atoms with Crippen LogP contribution in [0.3, 0.4) is 0 Å². The van der Waals surface area contributed by atoms with Crippen LogP contribution in [0, 0.1) is 0 Å². The van der Waals surface area contributed by atoms with Crippen LogP contribution in [0.25, 0.3) is 0 Å². The molecule has 0 radical (unpaired) electrons. The molecule has 4 N–H and O–H groups in total. The van der Waals surface area contributed by atoms with E-state index in [-0.39, 0.29) is 6.42 Å². The Balaban J connectivity index is 3.13. The molecule has 1 aromatic rings. The Labute approximate surface area is 88.3 Å². The second kappa shape index (κ2) is 4.13. The van der Waals surface area contributed by atoms with Crippen LogP contribution in [0.5, 0.6) is 0 Å². The van der Waals surface area contributed by atoms with Crippen molar-refractivity contribution < 1.29 is 9.59 Å². The fourth-order valence-electron chi connectivity index (χ4n) is 1.49. The number of benzene rings is 1. The summed E-state index contributed by atoms with van der Waals surface area (Å²) >= 11 is 0. The fourth-order valence-corrected chi connectivity index (χ4v) is 1.49. The maximum atomic E-state index is 11.4. The molecular formula is C11H14N2O2. The van der Waals surface area contributed by atoms with E-state index in [2.05, 4.69) is 0 Å². The first-order chi connectivity index (χ1) is 6.97. The Morgan fingerprint density at radius 1 is 1.20 bits per heavy atom. The van der Waals surface area contributed by atoms with Crippen molar-refractivity contribution in [3.63, 3.8) is 0 Å². The van der Waals surface area contributed by atoms with E-state index in [0.717, 1.165) is 0 Å². The monoisotopic (exact) mass is 206 g/mol. The van der Waals surface area contributed by atoms with Crippen LogP contribution >= 0.6 is 0 Å². The van der Waals surface area contributed by atoms with Gasteiger partial charge in [0, 0.05) is 6.42 Å². The van der Waals surface area contributed by atoms with Gasteiger partial charge in [0.1, 0.15) is 0 Å². The summed E-state index contributed by atoms with van der Waals surface area (Å²) in [6.45, 7) is 1.62. The van der Waals surface area contributed by atoms with Gasteiger partial charge in [-0.2, -0.15) is 0 Å². The van der Waals surface area contributed by atoms with E-state index >= 15 is 0 Å². The van der Waals surface area contributed by atoms with Gasteiger partial charge in [-0.15, -0.1) is 0 Å². The molecule has 4 heteroatoms. The van der Waals surface area contributed by atoms with Gasteiger partial charge in [0.25, 0.3) is 0 Å². The first-order valence-corrected chi connectivity index (χ1v) is 4.60. The van der Waals surface area contributed by atoms with Crippen LogP contribution in [-0.4, -0.2) is 11.8 Å². The Morgan fingerprint density at radius 3 is 2.13 bits per heavy atom. The second-order valence-electron chi connectivity index (χ2n) is 3.71. The number of primary amides is 2. The van der Waals surface area contributed by atoms with Gasteiger partial charge in [0.2, 0.25) is 11.8 Å².